The molecule has 160 valence electrons. The Morgan fingerprint density at radius 2 is 1.83 bits per heavy atom. The largest absolute Gasteiger partial charge is 0.432 e. The Labute approximate surface area is 192 Å². The zero-order valence-corrected chi connectivity index (χ0v) is 20.7. The minimum atomic E-state index is -2.64. The van der Waals surface area contributed by atoms with E-state index in [0.717, 1.165) is 20.4 Å². The Bertz CT molecular complexity index is 945. The van der Waals surface area contributed by atoms with Crippen LogP contribution >= 0.6 is 22.6 Å². The molecule has 0 unspecified atom stereocenters. The van der Waals surface area contributed by atoms with Gasteiger partial charge in [0.05, 0.1) is 18.3 Å². The third-order valence-corrected chi connectivity index (χ3v) is 9.78. The summed E-state index contributed by atoms with van der Waals surface area (Å²) in [4.78, 5) is 26.8. The fourth-order valence-corrected chi connectivity index (χ4v) is 8.32. The van der Waals surface area contributed by atoms with Crippen LogP contribution in [0.1, 0.15) is 24.5 Å². The number of hydrogen-bond acceptors (Lipinski definition) is 4. The molecule has 0 bridgehead atoms. The molecule has 2 aliphatic heterocycles. The standard InChI is InChI=1S/C23H28INO4Si/c1-15-21(30(2,3)28)20(12-13-26)29-23(15)18-6-4-5-7-19(18)25(22(23)27)14-16-8-10-17(24)11-9-16/h4-11,15,20-21,26,28H,12-14H2,1-3H3/t15-,20+,21-,23+/m1/s1. The van der Waals surface area contributed by atoms with Gasteiger partial charge in [-0.15, -0.1) is 0 Å². The number of carbonyl (C=O) groups is 1. The van der Waals surface area contributed by atoms with Crippen LogP contribution in [0.4, 0.5) is 5.69 Å². The zero-order valence-electron chi connectivity index (χ0n) is 17.5. The minimum Gasteiger partial charge on any atom is -0.432 e. The summed E-state index contributed by atoms with van der Waals surface area (Å²) in [6.07, 6.45) is 0.0762. The number of halogens is 1. The molecular formula is C23H28INO4Si. The summed E-state index contributed by atoms with van der Waals surface area (Å²) < 4.78 is 7.70. The van der Waals surface area contributed by atoms with E-state index >= 15 is 0 Å². The van der Waals surface area contributed by atoms with Gasteiger partial charge in [-0.3, -0.25) is 4.79 Å². The number of carbonyl (C=O) groups excluding carboxylic acids is 1. The van der Waals surface area contributed by atoms with E-state index in [4.69, 9.17) is 4.74 Å². The molecule has 1 saturated heterocycles. The van der Waals surface area contributed by atoms with Gasteiger partial charge in [0.15, 0.2) is 13.9 Å². The number of aliphatic hydroxyl groups excluding tert-OH is 1. The maximum Gasteiger partial charge on any atom is 0.264 e. The summed E-state index contributed by atoms with van der Waals surface area (Å²) in [6, 6.07) is 16.0. The number of amides is 1. The van der Waals surface area contributed by atoms with Crippen LogP contribution in [0.5, 0.6) is 0 Å². The zero-order chi connectivity index (χ0) is 21.7. The van der Waals surface area contributed by atoms with E-state index in [1.54, 1.807) is 0 Å². The number of fused-ring (bicyclic) bond motifs is 2. The lowest BCUT2D eigenvalue weighted by Crippen LogP contribution is -2.46. The van der Waals surface area contributed by atoms with E-state index in [9.17, 15) is 14.7 Å². The van der Waals surface area contributed by atoms with E-state index in [1.165, 1.54) is 0 Å². The second-order valence-corrected chi connectivity index (χ2v) is 14.1. The SMILES string of the molecule is C[C@@H]1[C@@H]([Si](C)(C)O)[C@H](CCO)O[C@@]12C(=O)N(Cc1ccc(I)cc1)c1ccccc12. The van der Waals surface area contributed by atoms with Gasteiger partial charge in [0.25, 0.3) is 5.91 Å². The maximum absolute atomic E-state index is 14.0. The minimum absolute atomic E-state index is 0.0311. The molecule has 1 amide bonds. The summed E-state index contributed by atoms with van der Waals surface area (Å²) in [5.41, 5.74) is 1.55. The van der Waals surface area contributed by atoms with Crippen molar-refractivity contribution in [3.05, 3.63) is 63.2 Å². The van der Waals surface area contributed by atoms with E-state index in [2.05, 4.69) is 22.6 Å². The van der Waals surface area contributed by atoms with Crippen LogP contribution in [0.3, 0.4) is 0 Å². The predicted molar refractivity (Wildman–Crippen MR) is 128 cm³/mol. The first kappa shape index (κ1) is 21.9. The van der Waals surface area contributed by atoms with E-state index < -0.39 is 13.9 Å². The van der Waals surface area contributed by atoms with Crippen LogP contribution in [0, 0.1) is 9.49 Å². The molecule has 0 aromatic heterocycles. The number of rotatable bonds is 5. The highest BCUT2D eigenvalue weighted by Crippen LogP contribution is 2.59. The Morgan fingerprint density at radius 3 is 2.47 bits per heavy atom. The molecule has 5 nitrogen and oxygen atoms in total. The van der Waals surface area contributed by atoms with Crippen LogP contribution in [-0.2, 0) is 21.7 Å². The number of nitrogens with zero attached hydrogens (tertiary/aromatic N) is 1. The molecule has 4 rings (SSSR count). The van der Waals surface area contributed by atoms with E-state index in [0.29, 0.717) is 13.0 Å². The van der Waals surface area contributed by atoms with Gasteiger partial charge >= 0.3 is 0 Å². The Kier molecular flexibility index (Phi) is 5.86. The van der Waals surface area contributed by atoms with Crippen LogP contribution in [-0.4, -0.2) is 36.8 Å². The first-order valence-corrected chi connectivity index (χ1v) is 14.5. The van der Waals surface area contributed by atoms with Gasteiger partial charge < -0.3 is 19.5 Å². The number of hydrogen-bond donors (Lipinski definition) is 2. The van der Waals surface area contributed by atoms with Crippen molar-refractivity contribution in [1.82, 2.24) is 0 Å². The molecule has 4 atom stereocenters. The monoisotopic (exact) mass is 537 g/mol. The molecule has 2 N–H and O–H groups in total. The Balaban J connectivity index is 1.78. The molecule has 0 saturated carbocycles. The number of anilines is 1. The van der Waals surface area contributed by atoms with Crippen molar-refractivity contribution in [3.8, 4) is 0 Å². The van der Waals surface area contributed by atoms with Crippen LogP contribution < -0.4 is 4.90 Å². The summed E-state index contributed by atoms with van der Waals surface area (Å²) in [5.74, 6) is -0.255. The number of para-hydroxylation sites is 1. The van der Waals surface area contributed by atoms with Gasteiger partial charge in [0.1, 0.15) is 0 Å². The first-order chi connectivity index (χ1) is 14.2. The Morgan fingerprint density at radius 1 is 1.17 bits per heavy atom. The quantitative estimate of drug-likeness (QED) is 0.447. The van der Waals surface area contributed by atoms with Crippen molar-refractivity contribution in [2.24, 2.45) is 5.92 Å². The molecule has 7 heteroatoms. The first-order valence-electron chi connectivity index (χ1n) is 10.4. The highest BCUT2D eigenvalue weighted by molar-refractivity contribution is 14.1. The molecule has 30 heavy (non-hydrogen) atoms. The average molecular weight is 537 g/mol. The van der Waals surface area contributed by atoms with Crippen molar-refractivity contribution >= 4 is 42.5 Å². The fourth-order valence-electron chi connectivity index (χ4n) is 5.36. The summed E-state index contributed by atoms with van der Waals surface area (Å²) in [6.45, 7) is 6.26. The van der Waals surface area contributed by atoms with Gasteiger partial charge in [-0.25, -0.2) is 0 Å². The van der Waals surface area contributed by atoms with Gasteiger partial charge in [-0.1, -0.05) is 37.3 Å². The molecule has 2 aliphatic rings. The van der Waals surface area contributed by atoms with Crippen LogP contribution in [0.15, 0.2) is 48.5 Å². The van der Waals surface area contributed by atoms with E-state index in [-0.39, 0.29) is 30.1 Å². The number of ether oxygens (including phenoxy) is 1. The lowest BCUT2D eigenvalue weighted by atomic mass is 9.82. The van der Waals surface area contributed by atoms with Crippen molar-refractivity contribution in [1.29, 1.82) is 0 Å². The molecule has 1 spiro atoms. The van der Waals surface area contributed by atoms with Crippen molar-refractivity contribution in [2.45, 2.75) is 50.2 Å². The van der Waals surface area contributed by atoms with Gasteiger partial charge in [0, 0.05) is 27.2 Å². The summed E-state index contributed by atoms with van der Waals surface area (Å²) in [7, 11) is -2.64. The number of aliphatic hydroxyl groups is 1. The van der Waals surface area contributed by atoms with Crippen molar-refractivity contribution in [3.63, 3.8) is 0 Å². The lowest BCUT2D eigenvalue weighted by molar-refractivity contribution is -0.146. The third-order valence-electron chi connectivity index (χ3n) is 6.56. The topological polar surface area (TPSA) is 70.0 Å². The van der Waals surface area contributed by atoms with E-state index in [1.807, 2.05) is 73.4 Å². The third kappa shape index (κ3) is 3.44. The lowest BCUT2D eigenvalue weighted by Gasteiger charge is -2.32. The average Bonchev–Trinajstić information content (AvgIpc) is 3.12. The van der Waals surface area contributed by atoms with Gasteiger partial charge in [-0.05, 0) is 65.9 Å². The maximum atomic E-state index is 14.0. The second kappa shape index (κ2) is 8.02. The van der Waals surface area contributed by atoms with Crippen molar-refractivity contribution in [2.75, 3.05) is 11.5 Å². The highest BCUT2D eigenvalue weighted by Gasteiger charge is 2.65. The van der Waals surface area contributed by atoms with Gasteiger partial charge in [-0.2, -0.15) is 0 Å². The second-order valence-electron chi connectivity index (χ2n) is 8.91. The summed E-state index contributed by atoms with van der Waals surface area (Å²) in [5, 5.41) is 9.62. The van der Waals surface area contributed by atoms with Gasteiger partial charge in [0.2, 0.25) is 0 Å². The molecule has 0 radical (unpaired) electrons. The smallest absolute Gasteiger partial charge is 0.264 e. The molecule has 2 aromatic carbocycles. The molecule has 0 aliphatic carbocycles. The molecule has 2 heterocycles. The molecular weight excluding hydrogens is 509 g/mol. The highest BCUT2D eigenvalue weighted by atomic mass is 127. The summed E-state index contributed by atoms with van der Waals surface area (Å²) >= 11 is 2.27. The number of benzene rings is 2. The normalized spacial score (nSPS) is 28.4. The molecule has 1 fully saturated rings. The fraction of sp³-hybridized carbons (Fsp3) is 0.435. The molecule has 2 aromatic rings. The predicted octanol–water partition coefficient (Wildman–Crippen LogP) is 4.02. The Hall–Kier alpha value is -1.26. The van der Waals surface area contributed by atoms with Crippen LogP contribution in [0.25, 0.3) is 0 Å². The van der Waals surface area contributed by atoms with Crippen LogP contribution in [0.2, 0.25) is 18.6 Å². The van der Waals surface area contributed by atoms with Crippen molar-refractivity contribution < 1.29 is 19.4 Å².